The number of aromatic nitrogens is 5. The first-order valence-electron chi connectivity index (χ1n) is 9.46. The first kappa shape index (κ1) is 16.8. The van der Waals surface area contributed by atoms with Crippen LogP contribution in [0.1, 0.15) is 19.3 Å². The molecule has 1 N–H and O–H groups in total. The lowest BCUT2D eigenvalue weighted by Gasteiger charge is -2.27. The van der Waals surface area contributed by atoms with E-state index in [4.69, 9.17) is 4.98 Å². The van der Waals surface area contributed by atoms with E-state index >= 15 is 0 Å². The van der Waals surface area contributed by atoms with E-state index in [0.717, 1.165) is 29.8 Å². The molecule has 140 valence electrons. The van der Waals surface area contributed by atoms with E-state index in [1.807, 2.05) is 6.07 Å². The molecule has 0 atom stereocenters. The molecule has 0 unspecified atom stereocenters. The lowest BCUT2D eigenvalue weighted by molar-refractivity contribution is 0.573. The maximum Gasteiger partial charge on any atom is 0.147 e. The highest BCUT2D eigenvalue weighted by atomic mass is 19.1. The molecule has 0 saturated carbocycles. The third kappa shape index (κ3) is 2.98. The Hall–Kier alpha value is -3.35. The van der Waals surface area contributed by atoms with Crippen molar-refractivity contribution in [2.45, 2.75) is 19.3 Å². The van der Waals surface area contributed by atoms with Gasteiger partial charge in [0.05, 0.1) is 29.8 Å². The van der Waals surface area contributed by atoms with Crippen molar-refractivity contribution in [1.82, 2.24) is 25.1 Å². The molecule has 6 nitrogen and oxygen atoms in total. The minimum absolute atomic E-state index is 0.304. The number of rotatable bonds is 3. The lowest BCUT2D eigenvalue weighted by Crippen LogP contribution is -2.30. The highest BCUT2D eigenvalue weighted by Crippen LogP contribution is 2.30. The average molecular weight is 374 g/mol. The topological polar surface area (TPSA) is 70.6 Å². The van der Waals surface area contributed by atoms with Crippen LogP contribution in [0.25, 0.3) is 33.5 Å². The summed E-state index contributed by atoms with van der Waals surface area (Å²) in [5.41, 5.74) is 3.17. The quantitative estimate of drug-likeness (QED) is 0.582. The molecule has 4 aromatic rings. The van der Waals surface area contributed by atoms with E-state index in [-0.39, 0.29) is 5.82 Å². The molecule has 0 aliphatic carbocycles. The Morgan fingerprint density at radius 3 is 2.68 bits per heavy atom. The zero-order valence-corrected chi connectivity index (χ0v) is 15.3. The van der Waals surface area contributed by atoms with E-state index in [0.29, 0.717) is 22.6 Å². The Kier molecular flexibility index (Phi) is 4.20. The number of fused-ring (bicyclic) bond motifs is 1. The van der Waals surface area contributed by atoms with E-state index < -0.39 is 0 Å². The highest BCUT2D eigenvalue weighted by molar-refractivity contribution is 5.94. The zero-order chi connectivity index (χ0) is 18.9. The number of nitrogens with zero attached hydrogens (tertiary/aromatic N) is 5. The molecule has 5 rings (SSSR count). The molecule has 4 heterocycles. The summed E-state index contributed by atoms with van der Waals surface area (Å²) in [5, 5.41) is 8.04. The summed E-state index contributed by atoms with van der Waals surface area (Å²) in [6, 6.07) is 8.52. The van der Waals surface area contributed by atoms with Crippen LogP contribution in [0.4, 0.5) is 10.2 Å². The SMILES string of the molecule is Fc1ccccc1-c1n[nH]c2cnc(-c3cncc(N4CCCCC4)n3)cc12. The average Bonchev–Trinajstić information content (AvgIpc) is 3.18. The fraction of sp³-hybridized carbons (Fsp3) is 0.238. The lowest BCUT2D eigenvalue weighted by atomic mass is 10.1. The van der Waals surface area contributed by atoms with Gasteiger partial charge in [-0.3, -0.25) is 15.1 Å². The zero-order valence-electron chi connectivity index (χ0n) is 15.3. The van der Waals surface area contributed by atoms with E-state index in [1.165, 1.54) is 25.3 Å². The number of aromatic amines is 1. The van der Waals surface area contributed by atoms with Gasteiger partial charge in [-0.1, -0.05) is 12.1 Å². The molecule has 0 radical (unpaired) electrons. The summed E-state index contributed by atoms with van der Waals surface area (Å²) in [7, 11) is 0. The largest absolute Gasteiger partial charge is 0.355 e. The van der Waals surface area contributed by atoms with Crippen LogP contribution in [0.3, 0.4) is 0 Å². The van der Waals surface area contributed by atoms with Gasteiger partial charge in [0.1, 0.15) is 23.0 Å². The second-order valence-electron chi connectivity index (χ2n) is 6.98. The molecule has 0 spiro atoms. The maximum atomic E-state index is 14.3. The molecular formula is C21H19FN6. The van der Waals surface area contributed by atoms with Crippen molar-refractivity contribution >= 4 is 16.7 Å². The molecule has 1 fully saturated rings. The first-order valence-corrected chi connectivity index (χ1v) is 9.46. The number of piperidine rings is 1. The number of halogens is 1. The van der Waals surface area contributed by atoms with Crippen molar-refractivity contribution in [2.24, 2.45) is 0 Å². The van der Waals surface area contributed by atoms with Gasteiger partial charge >= 0.3 is 0 Å². The second-order valence-corrected chi connectivity index (χ2v) is 6.98. The summed E-state index contributed by atoms with van der Waals surface area (Å²) < 4.78 is 14.3. The third-order valence-electron chi connectivity index (χ3n) is 5.14. The molecule has 0 amide bonds. The predicted molar refractivity (Wildman–Crippen MR) is 106 cm³/mol. The predicted octanol–water partition coefficient (Wildman–Crippen LogP) is 4.21. The standard InChI is InChI=1S/C21H19FN6/c22-16-7-3-2-6-14(16)21-15-10-17(24-12-18(15)26-27-21)19-11-23-13-20(25-19)28-8-4-1-5-9-28/h2-3,6-7,10-13H,1,4-5,8-9H2,(H,26,27). The van der Waals surface area contributed by atoms with Gasteiger partial charge in [0.15, 0.2) is 0 Å². The van der Waals surface area contributed by atoms with Gasteiger partial charge in [0.25, 0.3) is 0 Å². The molecule has 0 bridgehead atoms. The van der Waals surface area contributed by atoms with Crippen LogP contribution < -0.4 is 4.90 Å². The number of nitrogens with one attached hydrogen (secondary N) is 1. The smallest absolute Gasteiger partial charge is 0.147 e. The van der Waals surface area contributed by atoms with Gasteiger partial charge in [-0.15, -0.1) is 0 Å². The monoisotopic (exact) mass is 374 g/mol. The summed E-state index contributed by atoms with van der Waals surface area (Å²) in [5.74, 6) is 0.571. The molecule has 1 saturated heterocycles. The van der Waals surface area contributed by atoms with E-state index in [1.54, 1.807) is 36.8 Å². The molecule has 1 aromatic carbocycles. The fourth-order valence-corrected chi connectivity index (χ4v) is 3.67. The van der Waals surface area contributed by atoms with Crippen LogP contribution in [-0.2, 0) is 0 Å². The fourth-order valence-electron chi connectivity index (χ4n) is 3.67. The van der Waals surface area contributed by atoms with Crippen LogP contribution in [0.2, 0.25) is 0 Å². The summed E-state index contributed by atoms with van der Waals surface area (Å²) in [4.78, 5) is 15.9. The Bertz CT molecular complexity index is 1130. The number of benzene rings is 1. The maximum absolute atomic E-state index is 14.3. The number of anilines is 1. The Morgan fingerprint density at radius 1 is 0.964 bits per heavy atom. The summed E-state index contributed by atoms with van der Waals surface area (Å²) in [6.07, 6.45) is 8.84. The van der Waals surface area contributed by atoms with Crippen molar-refractivity contribution in [1.29, 1.82) is 0 Å². The Labute approximate surface area is 161 Å². The van der Waals surface area contributed by atoms with Crippen LogP contribution in [-0.4, -0.2) is 38.2 Å². The number of hydrogen-bond donors (Lipinski definition) is 1. The van der Waals surface area contributed by atoms with Gasteiger partial charge in [-0.05, 0) is 37.5 Å². The second kappa shape index (κ2) is 6.99. The van der Waals surface area contributed by atoms with Gasteiger partial charge in [0.2, 0.25) is 0 Å². The normalized spacial score (nSPS) is 14.5. The summed E-state index contributed by atoms with van der Waals surface area (Å²) >= 11 is 0. The van der Waals surface area contributed by atoms with E-state index in [9.17, 15) is 4.39 Å². The number of H-pyrrole nitrogens is 1. The van der Waals surface area contributed by atoms with Crippen molar-refractivity contribution in [3.8, 4) is 22.6 Å². The Balaban J connectivity index is 1.57. The van der Waals surface area contributed by atoms with Crippen LogP contribution in [0.5, 0.6) is 0 Å². The summed E-state index contributed by atoms with van der Waals surface area (Å²) in [6.45, 7) is 2.01. The molecular weight excluding hydrogens is 355 g/mol. The number of pyridine rings is 1. The highest BCUT2D eigenvalue weighted by Gasteiger charge is 2.16. The van der Waals surface area contributed by atoms with Crippen LogP contribution in [0, 0.1) is 5.82 Å². The third-order valence-corrected chi connectivity index (χ3v) is 5.14. The van der Waals surface area contributed by atoms with Crippen molar-refractivity contribution in [3.05, 3.63) is 54.7 Å². The molecule has 28 heavy (non-hydrogen) atoms. The molecule has 7 heteroatoms. The molecule has 1 aliphatic rings. The van der Waals surface area contributed by atoms with Crippen molar-refractivity contribution in [3.63, 3.8) is 0 Å². The Morgan fingerprint density at radius 2 is 1.82 bits per heavy atom. The minimum Gasteiger partial charge on any atom is -0.355 e. The van der Waals surface area contributed by atoms with Crippen molar-refractivity contribution < 1.29 is 4.39 Å². The number of hydrogen-bond acceptors (Lipinski definition) is 5. The van der Waals surface area contributed by atoms with Crippen LogP contribution in [0.15, 0.2) is 48.9 Å². The minimum atomic E-state index is -0.304. The van der Waals surface area contributed by atoms with Crippen LogP contribution >= 0.6 is 0 Å². The van der Waals surface area contributed by atoms with Gasteiger partial charge in [-0.2, -0.15) is 5.10 Å². The molecule has 3 aromatic heterocycles. The first-order chi connectivity index (χ1) is 13.8. The van der Waals surface area contributed by atoms with Gasteiger partial charge in [-0.25, -0.2) is 9.37 Å². The molecule has 1 aliphatic heterocycles. The van der Waals surface area contributed by atoms with Gasteiger partial charge in [0, 0.05) is 24.0 Å². The van der Waals surface area contributed by atoms with Crippen molar-refractivity contribution in [2.75, 3.05) is 18.0 Å². The van der Waals surface area contributed by atoms with E-state index in [2.05, 4.69) is 25.1 Å². The van der Waals surface area contributed by atoms with Gasteiger partial charge < -0.3 is 4.90 Å².